The van der Waals surface area contributed by atoms with Crippen molar-refractivity contribution in [3.8, 4) is 11.5 Å². The Morgan fingerprint density at radius 3 is 2.12 bits per heavy atom. The number of carbonyl (C=O) groups is 1. The number of hydrogen-bond acceptors (Lipinski definition) is 9. The number of benzene rings is 3. The van der Waals surface area contributed by atoms with Gasteiger partial charge in [0.2, 0.25) is 11.6 Å². The van der Waals surface area contributed by atoms with Gasteiger partial charge in [-0.2, -0.15) is 21.4 Å². The van der Waals surface area contributed by atoms with Gasteiger partial charge in [-0.05, 0) is 148 Å². The molecule has 0 atom stereocenters. The largest absolute Gasteiger partial charge is 0.497 e. The van der Waals surface area contributed by atoms with Crippen LogP contribution in [0.1, 0.15) is 121 Å². The van der Waals surface area contributed by atoms with E-state index in [0.29, 0.717) is 64.7 Å². The maximum Gasteiger partial charge on any atom is 0.264 e. The summed E-state index contributed by atoms with van der Waals surface area (Å²) in [6, 6.07) is 20.7. The number of nitrogens with one attached hydrogen (secondary N) is 1. The first-order valence-corrected chi connectivity index (χ1v) is 27.6. The van der Waals surface area contributed by atoms with Gasteiger partial charge >= 0.3 is 0 Å². The van der Waals surface area contributed by atoms with Crippen molar-refractivity contribution >= 4 is 48.8 Å². The molecule has 0 aromatic heterocycles. The van der Waals surface area contributed by atoms with Gasteiger partial charge in [0, 0.05) is 60.4 Å². The highest BCUT2D eigenvalue weighted by Crippen LogP contribution is 2.50. The van der Waals surface area contributed by atoms with Crippen LogP contribution < -0.4 is 25.4 Å². The van der Waals surface area contributed by atoms with Crippen LogP contribution in [0, 0.1) is 0 Å². The van der Waals surface area contributed by atoms with Gasteiger partial charge < -0.3 is 25.4 Å². The van der Waals surface area contributed by atoms with Crippen molar-refractivity contribution in [3.05, 3.63) is 124 Å². The summed E-state index contributed by atoms with van der Waals surface area (Å²) in [7, 11) is -4.85. The summed E-state index contributed by atoms with van der Waals surface area (Å²) in [4.78, 5) is 15.0. The Labute approximate surface area is 410 Å². The van der Waals surface area contributed by atoms with E-state index in [4.69, 9.17) is 15.2 Å². The fourth-order valence-electron chi connectivity index (χ4n) is 10.0. The number of ether oxygens (including phenoxy) is 2. The molecule has 13 nitrogen and oxygen atoms in total. The lowest BCUT2D eigenvalue weighted by molar-refractivity contribution is -0.438. The monoisotopic (exact) mass is 985 g/mol. The number of fused-ring (bicyclic) bond motifs is 2. The Bertz CT molecular complexity index is 2720. The standard InChI is InChI=1S/C54H72N4O9S2/c1-53(2)45-37-43(66-5)24-26-47(45)57(33-10-12-35-68(60,61)62)49(53)28-22-40-15-14-16-41(52(40)42-20-17-39(18-21-42)19-30-51(59)56-32-9-7-8-31-55)23-29-50-54(3,4)46-38-44(67-6)25-27-48(46)58(50)34-11-13-36-69(63,64)65/h17-18,20-29,37-38H,7-16,19,30-36,55H2,1-6H3,(H2-,56,59,60,61,62,63,64,65)/p+1. The third kappa shape index (κ3) is 13.6. The summed E-state index contributed by atoms with van der Waals surface area (Å²) in [6.45, 7) is 11.2. The number of nitrogens with zero attached hydrogens (tertiary/aromatic N) is 2. The van der Waals surface area contributed by atoms with E-state index in [1.165, 1.54) is 11.1 Å². The van der Waals surface area contributed by atoms with E-state index in [-0.39, 0.29) is 17.4 Å². The second kappa shape index (κ2) is 23.2. The van der Waals surface area contributed by atoms with Crippen LogP contribution in [0.5, 0.6) is 11.5 Å². The first-order valence-electron chi connectivity index (χ1n) is 24.4. The highest BCUT2D eigenvalue weighted by Gasteiger charge is 2.45. The molecule has 5 N–H and O–H groups in total. The normalized spacial score (nSPS) is 17.8. The van der Waals surface area contributed by atoms with Crippen molar-refractivity contribution in [2.75, 3.05) is 56.8 Å². The topological polar surface area (TPSA) is 189 Å². The van der Waals surface area contributed by atoms with E-state index in [9.17, 15) is 30.7 Å². The van der Waals surface area contributed by atoms with Gasteiger partial charge in [-0.1, -0.05) is 56.7 Å². The molecular formula is C54H73N4O9S2+. The number of methoxy groups -OCH3 is 2. The molecule has 3 aliphatic rings. The molecule has 0 unspecified atom stereocenters. The number of rotatable bonds is 24. The van der Waals surface area contributed by atoms with Crippen molar-refractivity contribution in [2.45, 2.75) is 116 Å². The lowest BCUT2D eigenvalue weighted by Crippen LogP contribution is -2.28. The molecular weight excluding hydrogens is 913 g/mol. The first-order chi connectivity index (χ1) is 32.8. The maximum absolute atomic E-state index is 12.7. The van der Waals surface area contributed by atoms with Gasteiger partial charge in [0.05, 0.1) is 31.1 Å². The van der Waals surface area contributed by atoms with Gasteiger partial charge in [0.1, 0.15) is 18.0 Å². The first kappa shape index (κ1) is 53.3. The third-order valence-electron chi connectivity index (χ3n) is 13.8. The number of amides is 1. The van der Waals surface area contributed by atoms with Crippen LogP contribution in [0.4, 0.5) is 11.4 Å². The van der Waals surface area contributed by atoms with E-state index in [1.54, 1.807) is 14.2 Å². The van der Waals surface area contributed by atoms with E-state index >= 15 is 0 Å². The molecule has 0 saturated heterocycles. The second-order valence-corrected chi connectivity index (χ2v) is 22.6. The zero-order chi connectivity index (χ0) is 50.0. The van der Waals surface area contributed by atoms with Gasteiger partial charge in [-0.15, -0.1) is 0 Å². The average Bonchev–Trinajstić information content (AvgIpc) is 3.65. The molecule has 0 saturated carbocycles. The lowest BCUT2D eigenvalue weighted by atomic mass is 9.79. The van der Waals surface area contributed by atoms with E-state index in [1.807, 2.05) is 12.1 Å². The maximum atomic E-state index is 12.7. The number of nitrogens with two attached hydrogens (primary N) is 1. The van der Waals surface area contributed by atoms with Crippen molar-refractivity contribution in [1.29, 1.82) is 0 Å². The Morgan fingerprint density at radius 2 is 1.45 bits per heavy atom. The summed E-state index contributed by atoms with van der Waals surface area (Å²) < 4.78 is 79.0. The summed E-state index contributed by atoms with van der Waals surface area (Å²) >= 11 is 0. The third-order valence-corrected chi connectivity index (χ3v) is 15.4. The van der Waals surface area contributed by atoms with Crippen LogP contribution >= 0.6 is 0 Å². The van der Waals surface area contributed by atoms with Gasteiger partial charge in [0.25, 0.3) is 20.2 Å². The average molecular weight is 986 g/mol. The van der Waals surface area contributed by atoms with Gasteiger partial charge in [-0.3, -0.25) is 13.9 Å². The predicted octanol–water partition coefficient (Wildman–Crippen LogP) is 9.40. The molecule has 2 aliphatic heterocycles. The molecule has 0 fully saturated rings. The Kier molecular flexibility index (Phi) is 17.9. The van der Waals surface area contributed by atoms with Crippen LogP contribution in [0.3, 0.4) is 0 Å². The van der Waals surface area contributed by atoms with Crippen LogP contribution in [0.2, 0.25) is 0 Å². The quantitative estimate of drug-likeness (QED) is 0.0380. The van der Waals surface area contributed by atoms with Crippen LogP contribution in [0.25, 0.3) is 5.57 Å². The number of carbonyl (C=O) groups excluding carboxylic acids is 1. The Balaban J connectivity index is 1.42. The number of hydrogen-bond donors (Lipinski definition) is 4. The fraction of sp³-hybridized carbons (Fsp3) is 0.481. The molecule has 0 radical (unpaired) electrons. The van der Waals surface area contributed by atoms with Gasteiger partial charge in [-0.25, -0.2) is 0 Å². The summed E-state index contributed by atoms with van der Waals surface area (Å²) in [5.74, 6) is 0.961. The molecule has 0 bridgehead atoms. The number of allylic oxidation sites excluding steroid dienone is 8. The molecule has 3 aromatic carbocycles. The fourth-order valence-corrected chi connectivity index (χ4v) is 11.1. The van der Waals surface area contributed by atoms with Crippen molar-refractivity contribution < 1.29 is 44.8 Å². The van der Waals surface area contributed by atoms with E-state index < -0.39 is 31.1 Å². The summed E-state index contributed by atoms with van der Waals surface area (Å²) in [5, 5.41) is 3.04. The van der Waals surface area contributed by atoms with Gasteiger partial charge in [0.15, 0.2) is 5.71 Å². The van der Waals surface area contributed by atoms with E-state index in [2.05, 4.69) is 115 Å². The zero-order valence-electron chi connectivity index (χ0n) is 41.4. The number of unbranched alkanes of at least 4 members (excludes halogenated alkanes) is 4. The number of anilines is 1. The molecule has 1 amide bonds. The highest BCUT2D eigenvalue weighted by molar-refractivity contribution is 7.86. The Hall–Kier alpha value is -5.06. The van der Waals surface area contributed by atoms with Crippen LogP contribution in [-0.2, 0) is 42.3 Å². The molecule has 0 spiro atoms. The molecule has 15 heteroatoms. The molecule has 1 aliphatic carbocycles. The second-order valence-electron chi connectivity index (χ2n) is 19.4. The van der Waals surface area contributed by atoms with Crippen LogP contribution in [0.15, 0.2) is 102 Å². The molecule has 6 rings (SSSR count). The predicted molar refractivity (Wildman–Crippen MR) is 277 cm³/mol. The molecule has 3 aromatic rings. The minimum Gasteiger partial charge on any atom is -0.497 e. The number of aryl methyl sites for hydroxylation is 1. The lowest BCUT2D eigenvalue weighted by Gasteiger charge is -2.28. The minimum atomic E-state index is -4.08. The molecule has 374 valence electrons. The van der Waals surface area contributed by atoms with Crippen LogP contribution in [-0.4, -0.2) is 94.0 Å². The SMILES string of the molecule is COc1ccc2c(c1)C(C)(C)C(/C=C/C1=C(c3ccc(CCC(=O)NCCCCCN)cc3)C(=C/C=C3/N(CCCCS(=O)(=O)O)c4ccc(OC)cc4C3(C)C)/CCC1)=[N+]2CCCCS(=O)(=O)O. The molecule has 2 heterocycles. The smallest absolute Gasteiger partial charge is 0.264 e. The van der Waals surface area contributed by atoms with Crippen molar-refractivity contribution in [3.63, 3.8) is 0 Å². The summed E-state index contributed by atoms with van der Waals surface area (Å²) in [5.41, 5.74) is 16.8. The summed E-state index contributed by atoms with van der Waals surface area (Å²) in [6.07, 6.45) is 17.2. The van der Waals surface area contributed by atoms with E-state index in [0.717, 1.165) is 101 Å². The van der Waals surface area contributed by atoms with Crippen molar-refractivity contribution in [2.24, 2.45) is 5.73 Å². The minimum absolute atomic E-state index is 0.0378. The molecule has 69 heavy (non-hydrogen) atoms. The van der Waals surface area contributed by atoms with Crippen molar-refractivity contribution in [1.82, 2.24) is 5.32 Å². The zero-order valence-corrected chi connectivity index (χ0v) is 43.0. The highest BCUT2D eigenvalue weighted by atomic mass is 32.2. The Morgan fingerprint density at radius 1 is 0.783 bits per heavy atom.